The normalized spacial score (nSPS) is 9.08. The van der Waals surface area contributed by atoms with Crippen LogP contribution in [-0.2, 0) is 6.42 Å². The summed E-state index contributed by atoms with van der Waals surface area (Å²) in [5, 5.41) is 3.28. The second-order valence-electron chi connectivity index (χ2n) is 2.14. The number of halogens is 1. The Morgan fingerprint density at radius 1 is 1.67 bits per heavy atom. The SMILES string of the molecule is [N-]=[N+]=NCCc1ncccc1F. The van der Waals surface area contributed by atoms with Crippen LogP contribution >= 0.6 is 0 Å². The van der Waals surface area contributed by atoms with E-state index in [-0.39, 0.29) is 12.4 Å². The number of nitrogens with zero attached hydrogens (tertiary/aromatic N) is 4. The van der Waals surface area contributed by atoms with Gasteiger partial charge in [0.05, 0.1) is 5.69 Å². The minimum Gasteiger partial charge on any atom is -0.258 e. The van der Waals surface area contributed by atoms with E-state index in [4.69, 9.17) is 5.53 Å². The molecule has 0 aromatic carbocycles. The van der Waals surface area contributed by atoms with Crippen LogP contribution in [0.3, 0.4) is 0 Å². The van der Waals surface area contributed by atoms with Crippen LogP contribution in [0.1, 0.15) is 5.69 Å². The van der Waals surface area contributed by atoms with E-state index in [1.165, 1.54) is 18.3 Å². The van der Waals surface area contributed by atoms with Crippen molar-refractivity contribution >= 4 is 0 Å². The van der Waals surface area contributed by atoms with E-state index in [2.05, 4.69) is 15.0 Å². The van der Waals surface area contributed by atoms with E-state index >= 15 is 0 Å². The molecule has 4 nitrogen and oxygen atoms in total. The molecule has 0 unspecified atom stereocenters. The van der Waals surface area contributed by atoms with Crippen LogP contribution in [0.4, 0.5) is 4.39 Å². The Morgan fingerprint density at radius 3 is 3.17 bits per heavy atom. The molecule has 0 saturated heterocycles. The second kappa shape index (κ2) is 4.31. The van der Waals surface area contributed by atoms with E-state index in [0.29, 0.717) is 12.1 Å². The lowest BCUT2D eigenvalue weighted by Crippen LogP contribution is -1.96. The molecule has 0 bridgehead atoms. The van der Waals surface area contributed by atoms with E-state index in [1.807, 2.05) is 0 Å². The fourth-order valence-electron chi connectivity index (χ4n) is 0.803. The molecule has 0 fully saturated rings. The van der Waals surface area contributed by atoms with Crippen LogP contribution < -0.4 is 0 Å². The maximum absolute atomic E-state index is 12.8. The monoisotopic (exact) mass is 166 g/mol. The van der Waals surface area contributed by atoms with Crippen molar-refractivity contribution < 1.29 is 4.39 Å². The predicted molar refractivity (Wildman–Crippen MR) is 41.9 cm³/mol. The molecule has 1 rings (SSSR count). The third-order valence-electron chi connectivity index (χ3n) is 1.35. The third kappa shape index (κ3) is 2.21. The van der Waals surface area contributed by atoms with Crippen LogP contribution in [0.25, 0.3) is 10.4 Å². The highest BCUT2D eigenvalue weighted by Crippen LogP contribution is 2.02. The zero-order valence-corrected chi connectivity index (χ0v) is 6.31. The molecule has 0 aliphatic rings. The topological polar surface area (TPSA) is 61.7 Å². The third-order valence-corrected chi connectivity index (χ3v) is 1.35. The molecule has 0 N–H and O–H groups in total. The fourth-order valence-corrected chi connectivity index (χ4v) is 0.803. The Hall–Kier alpha value is -1.61. The summed E-state index contributed by atoms with van der Waals surface area (Å²) < 4.78 is 12.8. The Bertz CT molecular complexity index is 306. The average molecular weight is 166 g/mol. The van der Waals surface area contributed by atoms with E-state index < -0.39 is 0 Å². The van der Waals surface area contributed by atoms with Crippen molar-refractivity contribution in [2.75, 3.05) is 6.54 Å². The maximum Gasteiger partial charge on any atom is 0.144 e. The second-order valence-corrected chi connectivity index (χ2v) is 2.14. The van der Waals surface area contributed by atoms with Gasteiger partial charge in [-0.2, -0.15) is 0 Å². The summed E-state index contributed by atoms with van der Waals surface area (Å²) in [4.78, 5) is 6.35. The van der Waals surface area contributed by atoms with Gasteiger partial charge in [-0.25, -0.2) is 4.39 Å². The van der Waals surface area contributed by atoms with Gasteiger partial charge >= 0.3 is 0 Å². The molecule has 1 heterocycles. The van der Waals surface area contributed by atoms with E-state index in [9.17, 15) is 4.39 Å². The molecule has 0 radical (unpaired) electrons. The van der Waals surface area contributed by atoms with Gasteiger partial charge in [-0.05, 0) is 24.1 Å². The van der Waals surface area contributed by atoms with Gasteiger partial charge in [-0.3, -0.25) is 4.98 Å². The molecule has 1 aromatic heterocycles. The Kier molecular flexibility index (Phi) is 3.04. The highest BCUT2D eigenvalue weighted by molar-refractivity contribution is 5.07. The lowest BCUT2D eigenvalue weighted by atomic mass is 10.2. The van der Waals surface area contributed by atoms with Crippen molar-refractivity contribution in [2.45, 2.75) is 6.42 Å². The van der Waals surface area contributed by atoms with Crippen LogP contribution in [0, 0.1) is 5.82 Å². The fraction of sp³-hybridized carbons (Fsp3) is 0.286. The minimum atomic E-state index is -0.356. The van der Waals surface area contributed by atoms with Crippen molar-refractivity contribution in [3.63, 3.8) is 0 Å². The zero-order chi connectivity index (χ0) is 8.81. The minimum absolute atomic E-state index is 0.241. The first kappa shape index (κ1) is 8.49. The number of rotatable bonds is 3. The summed E-state index contributed by atoms with van der Waals surface area (Å²) >= 11 is 0. The maximum atomic E-state index is 12.8. The van der Waals surface area contributed by atoms with Gasteiger partial charge in [-0.15, -0.1) is 0 Å². The molecule has 1 aromatic rings. The summed E-state index contributed by atoms with van der Waals surface area (Å²) in [6, 6.07) is 2.85. The van der Waals surface area contributed by atoms with Gasteiger partial charge in [0, 0.05) is 17.7 Å². The van der Waals surface area contributed by atoms with E-state index in [1.54, 1.807) is 0 Å². The van der Waals surface area contributed by atoms with Gasteiger partial charge < -0.3 is 0 Å². The average Bonchev–Trinajstić information content (AvgIpc) is 2.09. The van der Waals surface area contributed by atoms with Crippen molar-refractivity contribution in [3.8, 4) is 0 Å². The summed E-state index contributed by atoms with van der Waals surface area (Å²) in [6.45, 7) is 0.241. The summed E-state index contributed by atoms with van der Waals surface area (Å²) in [5.74, 6) is -0.356. The van der Waals surface area contributed by atoms with Gasteiger partial charge in [0.1, 0.15) is 5.82 Å². The Labute approximate surface area is 68.7 Å². The van der Waals surface area contributed by atoms with Gasteiger partial charge in [0.25, 0.3) is 0 Å². The van der Waals surface area contributed by atoms with E-state index in [0.717, 1.165) is 0 Å². The van der Waals surface area contributed by atoms with Crippen molar-refractivity contribution in [2.24, 2.45) is 5.11 Å². The molecule has 12 heavy (non-hydrogen) atoms. The molecular formula is C7H7FN4. The summed E-state index contributed by atoms with van der Waals surface area (Å²) in [5.41, 5.74) is 8.30. The first-order chi connectivity index (χ1) is 5.84. The first-order valence-electron chi connectivity index (χ1n) is 3.45. The number of azide groups is 1. The quantitative estimate of drug-likeness (QED) is 0.385. The number of hydrogen-bond acceptors (Lipinski definition) is 2. The molecule has 0 saturated carbocycles. The first-order valence-corrected chi connectivity index (χ1v) is 3.45. The van der Waals surface area contributed by atoms with Crippen molar-refractivity contribution in [3.05, 3.63) is 40.3 Å². The van der Waals surface area contributed by atoms with Gasteiger partial charge in [-0.1, -0.05) is 5.11 Å². The lowest BCUT2D eigenvalue weighted by molar-refractivity contribution is 0.598. The smallest absolute Gasteiger partial charge is 0.144 e. The molecule has 0 atom stereocenters. The highest BCUT2D eigenvalue weighted by Gasteiger charge is 1.99. The van der Waals surface area contributed by atoms with Crippen LogP contribution in [-0.4, -0.2) is 11.5 Å². The molecular weight excluding hydrogens is 159 g/mol. The number of pyridine rings is 1. The molecule has 0 spiro atoms. The molecule has 62 valence electrons. The van der Waals surface area contributed by atoms with Crippen LogP contribution in [0.15, 0.2) is 23.4 Å². The van der Waals surface area contributed by atoms with Crippen LogP contribution in [0.5, 0.6) is 0 Å². The number of aromatic nitrogens is 1. The van der Waals surface area contributed by atoms with Crippen molar-refractivity contribution in [1.82, 2.24) is 4.98 Å². The van der Waals surface area contributed by atoms with Gasteiger partial charge in [0.15, 0.2) is 0 Å². The molecule has 0 aliphatic carbocycles. The van der Waals surface area contributed by atoms with Crippen LogP contribution in [0.2, 0.25) is 0 Å². The zero-order valence-electron chi connectivity index (χ0n) is 6.31. The standard InChI is InChI=1S/C7H7FN4/c8-6-2-1-4-10-7(6)3-5-11-12-9/h1-2,4H,3,5H2. The summed E-state index contributed by atoms with van der Waals surface area (Å²) in [7, 11) is 0. The molecule has 0 amide bonds. The molecule has 0 aliphatic heterocycles. The molecule has 5 heteroatoms. The highest BCUT2D eigenvalue weighted by atomic mass is 19.1. The largest absolute Gasteiger partial charge is 0.258 e. The van der Waals surface area contributed by atoms with Crippen molar-refractivity contribution in [1.29, 1.82) is 0 Å². The number of hydrogen-bond donors (Lipinski definition) is 0. The predicted octanol–water partition coefficient (Wildman–Crippen LogP) is 2.07. The Balaban J connectivity index is 2.62. The summed E-state index contributed by atoms with van der Waals surface area (Å²) in [6.07, 6.45) is 1.85. The lowest BCUT2D eigenvalue weighted by Gasteiger charge is -1.96. The van der Waals surface area contributed by atoms with Gasteiger partial charge in [0.2, 0.25) is 0 Å². The Morgan fingerprint density at radius 2 is 2.50 bits per heavy atom.